The summed E-state index contributed by atoms with van der Waals surface area (Å²) >= 11 is 0. The van der Waals surface area contributed by atoms with Gasteiger partial charge in [0.05, 0.1) is 23.4 Å². The summed E-state index contributed by atoms with van der Waals surface area (Å²) in [4.78, 5) is 18.0. The molecule has 0 aliphatic carbocycles. The van der Waals surface area contributed by atoms with Crippen molar-refractivity contribution in [1.29, 1.82) is 0 Å². The molecule has 0 radical (unpaired) electrons. The van der Waals surface area contributed by atoms with Gasteiger partial charge in [0.15, 0.2) is 11.4 Å². The Labute approximate surface area is 189 Å². The number of aromatic nitrogens is 3. The van der Waals surface area contributed by atoms with Gasteiger partial charge >= 0.3 is 0 Å². The lowest BCUT2D eigenvalue weighted by Gasteiger charge is -2.31. The third-order valence-electron chi connectivity index (χ3n) is 4.80. The van der Waals surface area contributed by atoms with E-state index in [1.807, 2.05) is 31.5 Å². The fraction of sp³-hybridized carbons (Fsp3) is 0.476. The first kappa shape index (κ1) is 25.9. The molecule has 1 atom stereocenters. The fourth-order valence-electron chi connectivity index (χ4n) is 3.56. The Morgan fingerprint density at radius 3 is 2.53 bits per heavy atom. The summed E-state index contributed by atoms with van der Waals surface area (Å²) in [5.41, 5.74) is 7.28. The standard InChI is InChI=1S/C21H29N5O2.2ClH/c1-13(2)10-21(5,12-22)25-20(27)15-9-17(18-7-6-8-28-18)24-19-16(15)11-23-26(19)14(3)4;;/h6-9,11,13-14H,10,12,22H2,1-5H3,(H,25,27);2*1H. The van der Waals surface area contributed by atoms with E-state index in [1.54, 1.807) is 24.6 Å². The van der Waals surface area contributed by atoms with Gasteiger partial charge in [0, 0.05) is 18.1 Å². The summed E-state index contributed by atoms with van der Waals surface area (Å²) in [6.45, 7) is 10.6. The Kier molecular flexibility index (Phi) is 8.90. The normalized spacial score (nSPS) is 13.1. The van der Waals surface area contributed by atoms with Crippen LogP contribution in [0.25, 0.3) is 22.5 Å². The van der Waals surface area contributed by atoms with Crippen molar-refractivity contribution in [2.75, 3.05) is 6.54 Å². The van der Waals surface area contributed by atoms with Crippen LogP contribution in [0.5, 0.6) is 0 Å². The maximum atomic E-state index is 13.3. The Bertz CT molecular complexity index is 969. The molecule has 3 aromatic heterocycles. The molecule has 7 nitrogen and oxygen atoms in total. The molecule has 0 saturated carbocycles. The van der Waals surface area contributed by atoms with E-state index in [4.69, 9.17) is 15.1 Å². The number of hydrogen-bond acceptors (Lipinski definition) is 5. The second-order valence-electron chi connectivity index (χ2n) is 8.27. The summed E-state index contributed by atoms with van der Waals surface area (Å²) in [6.07, 6.45) is 4.08. The predicted octanol–water partition coefficient (Wildman–Crippen LogP) is 4.61. The maximum absolute atomic E-state index is 13.3. The van der Waals surface area contributed by atoms with E-state index in [-0.39, 0.29) is 36.8 Å². The molecule has 0 aliphatic heterocycles. The summed E-state index contributed by atoms with van der Waals surface area (Å²) in [6, 6.07) is 5.50. The van der Waals surface area contributed by atoms with Crippen molar-refractivity contribution < 1.29 is 9.21 Å². The third kappa shape index (κ3) is 5.33. The van der Waals surface area contributed by atoms with Gasteiger partial charge in [-0.05, 0) is 51.3 Å². The fourth-order valence-corrected chi connectivity index (χ4v) is 3.56. The highest BCUT2D eigenvalue weighted by Crippen LogP contribution is 2.27. The number of nitrogens with zero attached hydrogens (tertiary/aromatic N) is 3. The number of carbonyl (C=O) groups is 1. The molecule has 1 unspecified atom stereocenters. The van der Waals surface area contributed by atoms with Crippen molar-refractivity contribution in [3.05, 3.63) is 36.2 Å². The monoisotopic (exact) mass is 455 g/mol. The predicted molar refractivity (Wildman–Crippen MR) is 124 cm³/mol. The van der Waals surface area contributed by atoms with Crippen molar-refractivity contribution in [2.24, 2.45) is 11.7 Å². The molecule has 3 heterocycles. The van der Waals surface area contributed by atoms with Gasteiger partial charge in [-0.2, -0.15) is 5.10 Å². The quantitative estimate of drug-likeness (QED) is 0.541. The van der Waals surface area contributed by atoms with Crippen LogP contribution in [0, 0.1) is 5.92 Å². The van der Waals surface area contributed by atoms with Gasteiger partial charge in [0.25, 0.3) is 5.91 Å². The Morgan fingerprint density at radius 2 is 2.00 bits per heavy atom. The highest BCUT2D eigenvalue weighted by molar-refractivity contribution is 6.06. The molecular weight excluding hydrogens is 425 g/mol. The zero-order chi connectivity index (χ0) is 20.5. The number of amides is 1. The molecule has 30 heavy (non-hydrogen) atoms. The molecule has 0 aliphatic rings. The lowest BCUT2D eigenvalue weighted by Crippen LogP contribution is -2.52. The Hall–Kier alpha value is -2.09. The average Bonchev–Trinajstić information content (AvgIpc) is 3.29. The van der Waals surface area contributed by atoms with Gasteiger partial charge in [-0.25, -0.2) is 9.67 Å². The van der Waals surface area contributed by atoms with Crippen molar-refractivity contribution in [1.82, 2.24) is 20.1 Å². The molecule has 1 amide bonds. The molecule has 0 bridgehead atoms. The first-order valence-corrected chi connectivity index (χ1v) is 9.69. The zero-order valence-electron chi connectivity index (χ0n) is 18.0. The second-order valence-corrected chi connectivity index (χ2v) is 8.27. The van der Waals surface area contributed by atoms with Crippen LogP contribution in [0.3, 0.4) is 0 Å². The zero-order valence-corrected chi connectivity index (χ0v) is 19.6. The van der Waals surface area contributed by atoms with Crippen LogP contribution in [0.1, 0.15) is 57.4 Å². The molecule has 9 heteroatoms. The largest absolute Gasteiger partial charge is 0.463 e. The molecule has 0 spiro atoms. The second kappa shape index (κ2) is 10.3. The third-order valence-corrected chi connectivity index (χ3v) is 4.80. The minimum atomic E-state index is -0.486. The number of rotatable bonds is 7. The van der Waals surface area contributed by atoms with Crippen molar-refractivity contribution in [3.8, 4) is 11.5 Å². The van der Waals surface area contributed by atoms with Crippen LogP contribution in [-0.2, 0) is 0 Å². The number of fused-ring (bicyclic) bond motifs is 1. The summed E-state index contributed by atoms with van der Waals surface area (Å²) in [7, 11) is 0. The number of hydrogen-bond donors (Lipinski definition) is 2. The van der Waals surface area contributed by atoms with E-state index in [0.717, 1.165) is 6.42 Å². The summed E-state index contributed by atoms with van der Waals surface area (Å²) in [5, 5.41) is 8.29. The number of nitrogens with one attached hydrogen (secondary N) is 1. The van der Waals surface area contributed by atoms with Crippen LogP contribution in [-0.4, -0.2) is 32.8 Å². The highest BCUT2D eigenvalue weighted by atomic mass is 35.5. The lowest BCUT2D eigenvalue weighted by atomic mass is 9.90. The number of halogens is 2. The number of pyridine rings is 1. The number of nitrogens with two attached hydrogens (primary N) is 1. The van der Waals surface area contributed by atoms with Gasteiger partial charge in [-0.3, -0.25) is 4.79 Å². The summed E-state index contributed by atoms with van der Waals surface area (Å²) in [5.74, 6) is 0.835. The molecule has 3 N–H and O–H groups in total. The minimum absolute atomic E-state index is 0. The van der Waals surface area contributed by atoms with Crippen LogP contribution >= 0.6 is 24.8 Å². The molecule has 0 fully saturated rings. The van der Waals surface area contributed by atoms with Crippen molar-refractivity contribution in [3.63, 3.8) is 0 Å². The van der Waals surface area contributed by atoms with E-state index in [0.29, 0.717) is 40.5 Å². The van der Waals surface area contributed by atoms with Gasteiger partial charge in [0.2, 0.25) is 0 Å². The maximum Gasteiger partial charge on any atom is 0.252 e. The first-order valence-electron chi connectivity index (χ1n) is 9.69. The highest BCUT2D eigenvalue weighted by Gasteiger charge is 2.28. The van der Waals surface area contributed by atoms with Crippen LogP contribution < -0.4 is 11.1 Å². The van der Waals surface area contributed by atoms with E-state index in [1.165, 1.54) is 0 Å². The molecule has 0 saturated heterocycles. The lowest BCUT2D eigenvalue weighted by molar-refractivity contribution is 0.0900. The van der Waals surface area contributed by atoms with Crippen molar-refractivity contribution in [2.45, 2.75) is 52.6 Å². The molecule has 3 aromatic rings. The Morgan fingerprint density at radius 1 is 1.30 bits per heavy atom. The van der Waals surface area contributed by atoms with Crippen LogP contribution in [0.2, 0.25) is 0 Å². The topological polar surface area (TPSA) is 99.0 Å². The number of furan rings is 1. The van der Waals surface area contributed by atoms with Gasteiger partial charge < -0.3 is 15.5 Å². The van der Waals surface area contributed by atoms with E-state index >= 15 is 0 Å². The molecule has 166 valence electrons. The molecule has 0 aromatic carbocycles. The Balaban J connectivity index is 0.00000225. The summed E-state index contributed by atoms with van der Waals surface area (Å²) < 4.78 is 7.33. The van der Waals surface area contributed by atoms with Crippen molar-refractivity contribution >= 4 is 41.8 Å². The van der Waals surface area contributed by atoms with E-state index < -0.39 is 5.54 Å². The van der Waals surface area contributed by atoms with Crippen LogP contribution in [0.15, 0.2) is 35.1 Å². The smallest absolute Gasteiger partial charge is 0.252 e. The van der Waals surface area contributed by atoms with Gasteiger partial charge in [-0.1, -0.05) is 13.8 Å². The SMILES string of the molecule is CC(C)CC(C)(CN)NC(=O)c1cc(-c2ccco2)nc2c1cnn2C(C)C.Cl.Cl. The average molecular weight is 456 g/mol. The van der Waals surface area contributed by atoms with E-state index in [2.05, 4.69) is 24.3 Å². The number of carbonyl (C=O) groups excluding carboxylic acids is 1. The minimum Gasteiger partial charge on any atom is -0.463 e. The first-order chi connectivity index (χ1) is 13.2. The molecular formula is C21H31Cl2N5O2. The molecule has 3 rings (SSSR count). The van der Waals surface area contributed by atoms with Crippen LogP contribution in [0.4, 0.5) is 0 Å². The van der Waals surface area contributed by atoms with Gasteiger partial charge in [-0.15, -0.1) is 24.8 Å². The van der Waals surface area contributed by atoms with Gasteiger partial charge in [0.1, 0.15) is 5.69 Å². The van der Waals surface area contributed by atoms with E-state index in [9.17, 15) is 4.79 Å².